The Bertz CT molecular complexity index is 1620. The maximum absolute atomic E-state index is 13.2. The first-order valence-electron chi connectivity index (χ1n) is 13.7. The van der Waals surface area contributed by atoms with Crippen LogP contribution in [0.2, 0.25) is 0 Å². The Morgan fingerprint density at radius 3 is 2.42 bits per heavy atom. The van der Waals surface area contributed by atoms with Gasteiger partial charge in [-0.05, 0) is 69.0 Å². The fourth-order valence-corrected chi connectivity index (χ4v) is 5.20. The van der Waals surface area contributed by atoms with Gasteiger partial charge in [0, 0.05) is 54.0 Å². The summed E-state index contributed by atoms with van der Waals surface area (Å²) in [6.07, 6.45) is 3.78. The number of fused-ring (bicyclic) bond motifs is 1. The van der Waals surface area contributed by atoms with E-state index < -0.39 is 27.9 Å². The van der Waals surface area contributed by atoms with Crippen LogP contribution in [0.1, 0.15) is 32.8 Å². The Morgan fingerprint density at radius 2 is 1.77 bits per heavy atom. The number of aryl methyl sites for hydroxylation is 1. The van der Waals surface area contributed by atoms with Gasteiger partial charge in [-0.15, -0.1) is 0 Å². The summed E-state index contributed by atoms with van der Waals surface area (Å²) < 4.78 is 30.1. The lowest BCUT2D eigenvalue weighted by Crippen LogP contribution is -2.42. The van der Waals surface area contributed by atoms with Gasteiger partial charge in [-0.2, -0.15) is 0 Å². The van der Waals surface area contributed by atoms with Crippen molar-refractivity contribution >= 4 is 39.5 Å². The van der Waals surface area contributed by atoms with E-state index in [-0.39, 0.29) is 24.5 Å². The molecule has 1 unspecified atom stereocenters. The highest BCUT2D eigenvalue weighted by atomic mass is 32.2. The van der Waals surface area contributed by atoms with Gasteiger partial charge in [0.1, 0.15) is 11.4 Å². The van der Waals surface area contributed by atoms with E-state index in [1.165, 1.54) is 21.3 Å². The number of carbonyl (C=O) groups excluding carboxylic acids is 1. The minimum Gasteiger partial charge on any atom is -0.507 e. The van der Waals surface area contributed by atoms with Crippen LogP contribution in [0.15, 0.2) is 79.1 Å². The van der Waals surface area contributed by atoms with E-state index in [4.69, 9.17) is 4.74 Å². The molecule has 12 heteroatoms. The van der Waals surface area contributed by atoms with Gasteiger partial charge >= 0.3 is 6.09 Å². The van der Waals surface area contributed by atoms with Crippen molar-refractivity contribution in [3.8, 4) is 16.9 Å². The number of amides is 1. The van der Waals surface area contributed by atoms with E-state index in [0.717, 1.165) is 5.56 Å². The first-order chi connectivity index (χ1) is 20.4. The molecule has 4 aromatic rings. The van der Waals surface area contributed by atoms with Crippen LogP contribution in [-0.4, -0.2) is 60.0 Å². The smallest absolute Gasteiger partial charge is 0.410 e. The van der Waals surface area contributed by atoms with E-state index in [1.807, 2.05) is 6.07 Å². The molecule has 0 bridgehead atoms. The van der Waals surface area contributed by atoms with E-state index in [2.05, 4.69) is 4.98 Å². The third kappa shape index (κ3) is 8.27. The Balaban J connectivity index is 1.59. The third-order valence-electron chi connectivity index (χ3n) is 6.67. The summed E-state index contributed by atoms with van der Waals surface area (Å²) in [5.41, 5.74) is 1.77. The van der Waals surface area contributed by atoms with E-state index >= 15 is 0 Å². The van der Waals surface area contributed by atoms with Crippen molar-refractivity contribution in [1.82, 2.24) is 9.88 Å². The number of ether oxygens (including phenoxy) is 1. The minimum atomic E-state index is -2.45. The number of benzene rings is 3. The third-order valence-corrected chi connectivity index (χ3v) is 7.43. The lowest BCUT2D eigenvalue weighted by Gasteiger charge is -2.30. The number of pyridine rings is 1. The number of rotatable bonds is 11. The monoisotopic (exact) mass is 606 g/mol. The maximum atomic E-state index is 13.2. The Hall–Kier alpha value is -4.55. The second-order valence-corrected chi connectivity index (χ2v) is 11.8. The molecule has 43 heavy (non-hydrogen) atoms. The van der Waals surface area contributed by atoms with E-state index in [1.54, 1.807) is 81.7 Å². The van der Waals surface area contributed by atoms with Crippen LogP contribution in [0.25, 0.3) is 21.9 Å². The van der Waals surface area contributed by atoms with Gasteiger partial charge in [-0.3, -0.25) is 24.0 Å². The average Bonchev–Trinajstić information content (AvgIpc) is 2.95. The highest BCUT2D eigenvalue weighted by Crippen LogP contribution is 2.36. The summed E-state index contributed by atoms with van der Waals surface area (Å²) in [5, 5.41) is 22.8. The van der Waals surface area contributed by atoms with Crippen LogP contribution in [-0.2, 0) is 22.4 Å². The zero-order valence-electron chi connectivity index (χ0n) is 24.2. The van der Waals surface area contributed by atoms with Crippen molar-refractivity contribution in [1.29, 1.82) is 0 Å². The number of hydrogen-bond acceptors (Lipinski definition) is 7. The zero-order valence-corrected chi connectivity index (χ0v) is 25.0. The SMILES string of the molecule is CC(C)(C)OC(=O)N(CCCc1ccc([N+](=O)[O-])cc1)CCN(c1cc(-c2ccccc2O)cc2cnccc12)S(=O)O. The molecular weight excluding hydrogens is 572 g/mol. The largest absolute Gasteiger partial charge is 0.507 e. The van der Waals surface area contributed by atoms with E-state index in [0.29, 0.717) is 47.0 Å². The second-order valence-electron chi connectivity index (χ2n) is 10.9. The summed E-state index contributed by atoms with van der Waals surface area (Å²) >= 11 is -2.45. The fourth-order valence-electron chi connectivity index (χ4n) is 4.64. The molecule has 11 nitrogen and oxygen atoms in total. The van der Waals surface area contributed by atoms with Crippen LogP contribution < -0.4 is 4.31 Å². The van der Waals surface area contributed by atoms with Gasteiger partial charge in [0.15, 0.2) is 0 Å². The lowest BCUT2D eigenvalue weighted by molar-refractivity contribution is -0.384. The average molecular weight is 607 g/mol. The Kier molecular flexibility index (Phi) is 9.94. The molecule has 0 saturated carbocycles. The van der Waals surface area contributed by atoms with Gasteiger partial charge in [-0.1, -0.05) is 30.3 Å². The van der Waals surface area contributed by atoms with Crippen LogP contribution in [0, 0.1) is 10.1 Å². The molecule has 3 aromatic carbocycles. The Labute approximate surface area is 252 Å². The number of para-hydroxylation sites is 1. The van der Waals surface area contributed by atoms with Crippen molar-refractivity contribution in [3.63, 3.8) is 0 Å². The number of carbonyl (C=O) groups is 1. The number of phenols is 1. The normalized spacial score (nSPS) is 12.1. The number of non-ortho nitro benzene ring substituents is 1. The summed E-state index contributed by atoms with van der Waals surface area (Å²) in [5.74, 6) is 0.0671. The van der Waals surface area contributed by atoms with Crippen LogP contribution in [0.4, 0.5) is 16.2 Å². The fraction of sp³-hybridized carbons (Fsp3) is 0.290. The molecule has 1 heterocycles. The number of aromatic nitrogens is 1. The first kappa shape index (κ1) is 31.4. The van der Waals surface area contributed by atoms with Gasteiger partial charge < -0.3 is 14.7 Å². The van der Waals surface area contributed by atoms with Crippen molar-refractivity contribution in [3.05, 3.63) is 94.8 Å². The van der Waals surface area contributed by atoms with Gasteiger partial charge in [0.05, 0.1) is 17.2 Å². The lowest BCUT2D eigenvalue weighted by atomic mass is 10.00. The molecule has 0 saturated heterocycles. The predicted octanol–water partition coefficient (Wildman–Crippen LogP) is 6.33. The van der Waals surface area contributed by atoms with Gasteiger partial charge in [0.25, 0.3) is 17.0 Å². The number of nitrogens with zero attached hydrogens (tertiary/aromatic N) is 4. The molecule has 0 aliphatic rings. The molecule has 1 amide bonds. The number of anilines is 1. The molecule has 4 rings (SSSR count). The molecule has 0 aliphatic carbocycles. The molecule has 2 N–H and O–H groups in total. The van der Waals surface area contributed by atoms with E-state index in [9.17, 15) is 28.8 Å². The maximum Gasteiger partial charge on any atom is 0.410 e. The first-order valence-corrected chi connectivity index (χ1v) is 14.8. The van der Waals surface area contributed by atoms with Crippen LogP contribution in [0.5, 0.6) is 5.75 Å². The van der Waals surface area contributed by atoms with Crippen molar-refractivity contribution in [2.45, 2.75) is 39.2 Å². The van der Waals surface area contributed by atoms with Crippen molar-refractivity contribution in [2.75, 3.05) is 23.9 Å². The second kappa shape index (κ2) is 13.6. The van der Waals surface area contributed by atoms with Crippen LogP contribution >= 0.6 is 0 Å². The standard InChI is InChI=1S/C31H34N4O7S/c1-31(2,3)42-30(37)33(16-6-7-22-10-12-25(13-11-22)35(38)39)17-18-34(43(40)41)28-20-23(27-8-4-5-9-29(27)36)19-24-21-32-15-14-26(24)28/h4-5,8-15,19-21,36H,6-7,16-18H2,1-3H3,(H,40,41). The summed E-state index contributed by atoms with van der Waals surface area (Å²) in [7, 11) is 0. The number of nitro groups is 1. The summed E-state index contributed by atoms with van der Waals surface area (Å²) in [6.45, 7) is 5.66. The predicted molar refractivity (Wildman–Crippen MR) is 166 cm³/mol. The molecule has 0 radical (unpaired) electrons. The highest BCUT2D eigenvalue weighted by Gasteiger charge is 2.25. The highest BCUT2D eigenvalue weighted by molar-refractivity contribution is 7.80. The van der Waals surface area contributed by atoms with Crippen molar-refractivity contribution < 1.29 is 28.3 Å². The molecule has 1 aromatic heterocycles. The van der Waals surface area contributed by atoms with Crippen LogP contribution in [0.3, 0.4) is 0 Å². The summed E-state index contributed by atoms with van der Waals surface area (Å²) in [4.78, 5) is 29.3. The number of hydrogen-bond donors (Lipinski definition) is 2. The minimum absolute atomic E-state index is 0.00152. The molecule has 226 valence electrons. The molecule has 0 fully saturated rings. The number of nitro benzene ring substituents is 1. The molecule has 0 spiro atoms. The topological polar surface area (TPSA) is 146 Å². The van der Waals surface area contributed by atoms with Gasteiger partial charge in [-0.25, -0.2) is 9.00 Å². The van der Waals surface area contributed by atoms with Gasteiger partial charge in [0.2, 0.25) is 0 Å². The number of phenolic OH excluding ortho intramolecular Hbond substituents is 1. The summed E-state index contributed by atoms with van der Waals surface area (Å²) in [6, 6.07) is 18.4. The number of aromatic hydroxyl groups is 1. The van der Waals surface area contributed by atoms with Crippen molar-refractivity contribution in [2.24, 2.45) is 0 Å². The molecule has 0 aliphatic heterocycles. The quantitative estimate of drug-likeness (QED) is 0.114. The Morgan fingerprint density at radius 1 is 1.05 bits per heavy atom. The molecule has 1 atom stereocenters. The molecular formula is C31H34N4O7S. The zero-order chi connectivity index (χ0) is 31.1.